The lowest BCUT2D eigenvalue weighted by Gasteiger charge is -2.50. The summed E-state index contributed by atoms with van der Waals surface area (Å²) in [6.45, 7) is 13.3. The van der Waals surface area contributed by atoms with E-state index in [1.807, 2.05) is 12.1 Å². The minimum atomic E-state index is -0.170. The van der Waals surface area contributed by atoms with Gasteiger partial charge in [-0.2, -0.15) is 0 Å². The highest BCUT2D eigenvalue weighted by Crippen LogP contribution is 2.43. The Labute approximate surface area is 181 Å². The fourth-order valence-corrected chi connectivity index (χ4v) is 5.44. The number of hydrogen-bond donors (Lipinski definition) is 0. The zero-order chi connectivity index (χ0) is 21.3. The Morgan fingerprint density at radius 2 is 1.63 bits per heavy atom. The normalized spacial score (nSPS) is 20.4. The quantitative estimate of drug-likeness (QED) is 0.526. The van der Waals surface area contributed by atoms with Crippen LogP contribution in [0, 0.1) is 17.2 Å². The van der Waals surface area contributed by atoms with Crippen molar-refractivity contribution in [2.24, 2.45) is 16.3 Å². The second-order valence-electron chi connectivity index (χ2n) is 9.48. The predicted molar refractivity (Wildman–Crippen MR) is 125 cm³/mol. The lowest BCUT2D eigenvalue weighted by atomic mass is 9.70. The van der Waals surface area contributed by atoms with Crippen LogP contribution in [-0.2, 0) is 19.4 Å². The van der Waals surface area contributed by atoms with Crippen molar-refractivity contribution in [1.82, 2.24) is 4.90 Å². The number of nitrogens with zero attached hydrogens (tertiary/aromatic N) is 2. The molecule has 1 spiro atoms. The highest BCUT2D eigenvalue weighted by Gasteiger charge is 2.50. The first-order valence-electron chi connectivity index (χ1n) is 11.6. The minimum Gasteiger partial charge on any atom is -0.298 e. The first-order valence-corrected chi connectivity index (χ1v) is 11.6. The van der Waals surface area contributed by atoms with Gasteiger partial charge >= 0.3 is 0 Å². The largest absolute Gasteiger partial charge is 0.298 e. The third kappa shape index (κ3) is 3.97. The molecule has 0 saturated carbocycles. The Hall–Kier alpha value is -2.00. The van der Waals surface area contributed by atoms with E-state index in [0.29, 0.717) is 11.3 Å². The monoisotopic (exact) mass is 406 g/mol. The molecule has 2 aromatic carbocycles. The van der Waals surface area contributed by atoms with Gasteiger partial charge in [0.05, 0.1) is 0 Å². The van der Waals surface area contributed by atoms with Gasteiger partial charge in [-0.3, -0.25) is 9.89 Å². The van der Waals surface area contributed by atoms with Crippen molar-refractivity contribution in [2.45, 2.75) is 59.9 Å². The summed E-state index contributed by atoms with van der Waals surface area (Å²) in [5.41, 5.74) is 8.43. The molecule has 30 heavy (non-hydrogen) atoms. The summed E-state index contributed by atoms with van der Waals surface area (Å²) in [5.74, 6) is 0.442. The van der Waals surface area contributed by atoms with Crippen LogP contribution in [0.5, 0.6) is 0 Å². The molecule has 0 bridgehead atoms. The number of rotatable bonds is 7. The fraction of sp³-hybridized carbons (Fsp3) is 0.519. The van der Waals surface area contributed by atoms with Crippen LogP contribution >= 0.6 is 0 Å². The van der Waals surface area contributed by atoms with E-state index in [2.05, 4.69) is 44.7 Å². The maximum Gasteiger partial charge on any atom is 0.123 e. The van der Waals surface area contributed by atoms with Gasteiger partial charge in [-0.1, -0.05) is 57.9 Å². The molecule has 0 aliphatic carbocycles. The third-order valence-corrected chi connectivity index (χ3v) is 7.20. The second kappa shape index (κ2) is 8.63. The molecule has 1 fully saturated rings. The molecule has 2 aliphatic rings. The van der Waals surface area contributed by atoms with Crippen LogP contribution in [0.25, 0.3) is 11.1 Å². The smallest absolute Gasteiger partial charge is 0.123 e. The standard InChI is InChI=1S/C27H35FN2/c1-5-7-23-13-21(15-30-17-27(18-30)16-29-20(4)19(27)3)14-24(8-6-2)26(23)22-9-11-25(28)12-10-22/h9-14,19H,5-8,15-18H2,1-4H3. The summed E-state index contributed by atoms with van der Waals surface area (Å²) in [6, 6.07) is 11.9. The molecule has 0 radical (unpaired) electrons. The van der Waals surface area contributed by atoms with Crippen LogP contribution in [0.3, 0.4) is 0 Å². The Bertz CT molecular complexity index is 895. The molecular weight excluding hydrogens is 371 g/mol. The Morgan fingerprint density at radius 1 is 1.03 bits per heavy atom. The molecule has 2 nitrogen and oxygen atoms in total. The zero-order valence-electron chi connectivity index (χ0n) is 19.0. The fourth-order valence-electron chi connectivity index (χ4n) is 5.44. The van der Waals surface area contributed by atoms with E-state index in [1.54, 1.807) is 12.1 Å². The highest BCUT2D eigenvalue weighted by molar-refractivity contribution is 5.87. The van der Waals surface area contributed by atoms with E-state index in [4.69, 9.17) is 4.99 Å². The molecule has 0 aromatic heterocycles. The SMILES string of the molecule is CCCc1cc(CN2CC3(CN=C(C)C3C)C2)cc(CCC)c1-c1ccc(F)cc1. The summed E-state index contributed by atoms with van der Waals surface area (Å²) in [7, 11) is 0. The van der Waals surface area contributed by atoms with Gasteiger partial charge < -0.3 is 0 Å². The molecule has 2 aliphatic heterocycles. The van der Waals surface area contributed by atoms with Gasteiger partial charge in [0.2, 0.25) is 0 Å². The van der Waals surface area contributed by atoms with Gasteiger partial charge in [0.1, 0.15) is 5.82 Å². The number of benzene rings is 2. The minimum absolute atomic E-state index is 0.170. The maximum absolute atomic E-state index is 13.5. The van der Waals surface area contributed by atoms with Crippen LogP contribution in [0.2, 0.25) is 0 Å². The summed E-state index contributed by atoms with van der Waals surface area (Å²) in [4.78, 5) is 7.31. The van der Waals surface area contributed by atoms with Crippen LogP contribution in [0.15, 0.2) is 41.4 Å². The molecule has 0 N–H and O–H groups in total. The molecule has 4 rings (SSSR count). The average molecular weight is 407 g/mol. The molecule has 1 saturated heterocycles. The van der Waals surface area contributed by atoms with E-state index in [9.17, 15) is 4.39 Å². The first kappa shape index (κ1) is 21.2. The molecular formula is C27H35FN2. The average Bonchev–Trinajstić information content (AvgIpc) is 2.99. The van der Waals surface area contributed by atoms with Crippen LogP contribution in [0.1, 0.15) is 57.2 Å². The molecule has 1 atom stereocenters. The highest BCUT2D eigenvalue weighted by atomic mass is 19.1. The van der Waals surface area contributed by atoms with E-state index >= 15 is 0 Å². The molecule has 160 valence electrons. The van der Waals surface area contributed by atoms with Gasteiger partial charge in [-0.15, -0.1) is 0 Å². The van der Waals surface area contributed by atoms with E-state index in [-0.39, 0.29) is 5.82 Å². The van der Waals surface area contributed by atoms with Gasteiger partial charge in [0.25, 0.3) is 0 Å². The van der Waals surface area contributed by atoms with Gasteiger partial charge in [0.15, 0.2) is 0 Å². The maximum atomic E-state index is 13.5. The number of aryl methyl sites for hydroxylation is 2. The Kier molecular flexibility index (Phi) is 6.11. The van der Waals surface area contributed by atoms with E-state index < -0.39 is 0 Å². The number of aliphatic imine (C=N–C) groups is 1. The van der Waals surface area contributed by atoms with Crippen LogP contribution in [-0.4, -0.2) is 30.2 Å². The number of halogens is 1. The topological polar surface area (TPSA) is 15.6 Å². The molecule has 0 amide bonds. The Morgan fingerprint density at radius 3 is 2.13 bits per heavy atom. The van der Waals surface area contributed by atoms with E-state index in [0.717, 1.165) is 57.4 Å². The summed E-state index contributed by atoms with van der Waals surface area (Å²) in [5, 5.41) is 0. The molecule has 2 aromatic rings. The summed E-state index contributed by atoms with van der Waals surface area (Å²) in [6.07, 6.45) is 4.35. The third-order valence-electron chi connectivity index (χ3n) is 7.20. The molecule has 1 unspecified atom stereocenters. The van der Waals surface area contributed by atoms with Crippen LogP contribution in [0.4, 0.5) is 4.39 Å². The lowest BCUT2D eigenvalue weighted by molar-refractivity contribution is -0.0127. The van der Waals surface area contributed by atoms with Gasteiger partial charge in [-0.25, -0.2) is 4.39 Å². The van der Waals surface area contributed by atoms with Crippen molar-refractivity contribution in [1.29, 1.82) is 0 Å². The van der Waals surface area contributed by atoms with Crippen molar-refractivity contribution in [2.75, 3.05) is 19.6 Å². The van der Waals surface area contributed by atoms with Gasteiger partial charge in [-0.05, 0) is 59.7 Å². The molecule has 3 heteroatoms. The predicted octanol–water partition coefficient (Wildman–Crippen LogP) is 6.31. The lowest BCUT2D eigenvalue weighted by Crippen LogP contribution is -2.59. The second-order valence-corrected chi connectivity index (χ2v) is 9.48. The number of likely N-dealkylation sites (tertiary alicyclic amines) is 1. The van der Waals surface area contributed by atoms with Gasteiger partial charge in [0, 0.05) is 43.2 Å². The van der Waals surface area contributed by atoms with Crippen molar-refractivity contribution in [3.05, 3.63) is 58.9 Å². The van der Waals surface area contributed by atoms with Crippen molar-refractivity contribution < 1.29 is 4.39 Å². The van der Waals surface area contributed by atoms with Crippen molar-refractivity contribution in [3.8, 4) is 11.1 Å². The Balaban J connectivity index is 1.59. The summed E-state index contributed by atoms with van der Waals surface area (Å²) < 4.78 is 13.5. The first-order chi connectivity index (χ1) is 14.5. The molecule has 2 heterocycles. The zero-order valence-corrected chi connectivity index (χ0v) is 19.0. The summed E-state index contributed by atoms with van der Waals surface area (Å²) >= 11 is 0. The van der Waals surface area contributed by atoms with Crippen LogP contribution < -0.4 is 0 Å². The van der Waals surface area contributed by atoms with Crippen molar-refractivity contribution >= 4 is 5.71 Å². The van der Waals surface area contributed by atoms with E-state index in [1.165, 1.54) is 28.0 Å². The van der Waals surface area contributed by atoms with Crippen molar-refractivity contribution in [3.63, 3.8) is 0 Å². The number of hydrogen-bond acceptors (Lipinski definition) is 2.